The maximum Gasteiger partial charge on any atom is 0.327 e. The summed E-state index contributed by atoms with van der Waals surface area (Å²) in [6.45, 7) is 8.72. The number of hydroxylamine groups is 2. The minimum Gasteiger partial charge on any atom is -0.460 e. The number of esters is 2. The van der Waals surface area contributed by atoms with Crippen LogP contribution in [0.15, 0.2) is 54.6 Å². The van der Waals surface area contributed by atoms with Crippen LogP contribution in [0.4, 0.5) is 0 Å². The largest absolute Gasteiger partial charge is 0.460 e. The number of nitrogens with one attached hydrogen (secondary N) is 2. The number of amides is 2. The van der Waals surface area contributed by atoms with E-state index in [0.29, 0.717) is 18.4 Å². The number of aliphatic hydroxyl groups is 5. The number of carbonyl (C=O) groups excluding carboxylic acids is 4. The second-order valence-electron chi connectivity index (χ2n) is 20.7. The van der Waals surface area contributed by atoms with Gasteiger partial charge in [-0.05, 0) is 68.9 Å². The van der Waals surface area contributed by atoms with Gasteiger partial charge in [0.15, 0.2) is 18.1 Å². The molecule has 4 aliphatic heterocycles. The molecule has 0 unspecified atom stereocenters. The standard InChI is InChI=1S/C53H75N3O16/c1-6-8-10-23-52(24-11-9-7-2)70-43-37-27-53(50(65)54-28-34-14-12-16-35(26-34)47(63)55-36(30-57)21-22-39(59)69-51(3,4)5)45(48(64)67-37)56(72-46(53)44(43)71-52)29-33-19-17-32(18-20-33)15-13-25-66-49-42(62)41(61)40(60)38(31-58)68-49/h12-20,26,36-38,40-46,49,57-58,60-62H,6-11,21-25,27-31H2,1-5H3,(H,54,65)(H,55,63)/t36-,37+,38+,40-,41-,42+,43-,44-,45-,46+,49-,53-/m0/s1. The van der Waals surface area contributed by atoms with Crippen molar-refractivity contribution in [2.24, 2.45) is 5.41 Å². The highest BCUT2D eigenvalue weighted by Gasteiger charge is 2.76. The van der Waals surface area contributed by atoms with E-state index in [1.807, 2.05) is 24.3 Å². The van der Waals surface area contributed by atoms with Crippen LogP contribution in [0.5, 0.6) is 0 Å². The van der Waals surface area contributed by atoms with Gasteiger partial charge in [-0.1, -0.05) is 88.1 Å². The minimum absolute atomic E-state index is 0.00716. The number of nitrogens with zero attached hydrogens (tertiary/aromatic N) is 1. The Kier molecular flexibility index (Phi) is 18.7. The van der Waals surface area contributed by atoms with Crippen molar-refractivity contribution in [1.29, 1.82) is 0 Å². The van der Waals surface area contributed by atoms with Gasteiger partial charge in [-0.2, -0.15) is 5.06 Å². The molecule has 398 valence electrons. The highest BCUT2D eigenvalue weighted by atomic mass is 16.8. The van der Waals surface area contributed by atoms with Gasteiger partial charge in [0.05, 0.1) is 32.4 Å². The van der Waals surface area contributed by atoms with Gasteiger partial charge in [0.2, 0.25) is 5.91 Å². The number of unbranched alkanes of at least 4 members (excludes halogenated alkanes) is 4. The molecule has 7 N–H and O–H groups in total. The zero-order chi connectivity index (χ0) is 51.8. The Bertz CT molecular complexity index is 2170. The van der Waals surface area contributed by atoms with E-state index in [1.165, 1.54) is 5.06 Å². The number of fused-ring (bicyclic) bond motifs is 4. The average Bonchev–Trinajstić information content (AvgIpc) is 3.91. The third kappa shape index (κ3) is 12.7. The van der Waals surface area contributed by atoms with E-state index in [1.54, 1.807) is 57.2 Å². The topological polar surface area (TPSA) is 261 Å². The van der Waals surface area contributed by atoms with Gasteiger partial charge < -0.3 is 64.6 Å². The number of rotatable bonds is 24. The van der Waals surface area contributed by atoms with Gasteiger partial charge in [0.1, 0.15) is 59.8 Å². The van der Waals surface area contributed by atoms with Gasteiger partial charge in [-0.3, -0.25) is 24.0 Å². The zero-order valence-corrected chi connectivity index (χ0v) is 42.1. The van der Waals surface area contributed by atoms with Crippen LogP contribution in [-0.4, -0.2) is 153 Å². The van der Waals surface area contributed by atoms with Crippen LogP contribution in [0.2, 0.25) is 0 Å². The summed E-state index contributed by atoms with van der Waals surface area (Å²) in [5, 5.41) is 57.4. The molecular formula is C53H75N3O16. The molecule has 2 bridgehead atoms. The summed E-state index contributed by atoms with van der Waals surface area (Å²) in [5.74, 6) is -2.88. The molecule has 5 aliphatic rings. The Hall–Kier alpha value is -4.38. The number of benzene rings is 2. The molecule has 2 aromatic rings. The van der Waals surface area contributed by atoms with Crippen molar-refractivity contribution in [2.45, 2.75) is 197 Å². The molecule has 0 spiro atoms. The lowest BCUT2D eigenvalue weighted by molar-refractivity contribution is -0.298. The number of carbonyl (C=O) groups is 4. The first-order valence-electron chi connectivity index (χ1n) is 25.6. The summed E-state index contributed by atoms with van der Waals surface area (Å²) in [6.07, 6.45) is 0.789. The number of aliphatic hydroxyl groups excluding tert-OH is 5. The highest BCUT2D eigenvalue weighted by molar-refractivity contribution is 5.95. The number of ether oxygens (including phenoxy) is 6. The summed E-state index contributed by atoms with van der Waals surface area (Å²) in [4.78, 5) is 62.1. The third-order valence-electron chi connectivity index (χ3n) is 14.1. The molecule has 12 atom stereocenters. The lowest BCUT2D eigenvalue weighted by Crippen LogP contribution is -2.69. The molecule has 72 heavy (non-hydrogen) atoms. The van der Waals surface area contributed by atoms with Crippen molar-refractivity contribution in [1.82, 2.24) is 15.7 Å². The molecular weight excluding hydrogens is 935 g/mol. The molecule has 19 nitrogen and oxygen atoms in total. The van der Waals surface area contributed by atoms with Crippen molar-refractivity contribution in [3.8, 4) is 0 Å². The fourth-order valence-corrected chi connectivity index (χ4v) is 10.5. The van der Waals surface area contributed by atoms with Crippen LogP contribution in [-0.2, 0) is 60.7 Å². The molecule has 19 heteroatoms. The van der Waals surface area contributed by atoms with Gasteiger partial charge in [0, 0.05) is 37.8 Å². The summed E-state index contributed by atoms with van der Waals surface area (Å²) in [6, 6.07) is 12.3. The summed E-state index contributed by atoms with van der Waals surface area (Å²) < 4.78 is 36.5. The highest BCUT2D eigenvalue weighted by Crippen LogP contribution is 2.58. The van der Waals surface area contributed by atoms with Crippen molar-refractivity contribution in [3.63, 3.8) is 0 Å². The minimum atomic E-state index is -1.55. The lowest BCUT2D eigenvalue weighted by Gasteiger charge is -2.48. The second-order valence-corrected chi connectivity index (χ2v) is 20.7. The van der Waals surface area contributed by atoms with Gasteiger partial charge >= 0.3 is 11.9 Å². The first kappa shape index (κ1) is 55.4. The molecule has 2 amide bonds. The molecule has 1 aliphatic carbocycles. The van der Waals surface area contributed by atoms with Crippen LogP contribution < -0.4 is 10.6 Å². The van der Waals surface area contributed by atoms with Crippen LogP contribution >= 0.6 is 0 Å². The maximum absolute atomic E-state index is 15.1. The average molecular weight is 1010 g/mol. The number of hydrogen-bond donors (Lipinski definition) is 7. The van der Waals surface area contributed by atoms with Gasteiger partial charge in [-0.25, -0.2) is 0 Å². The van der Waals surface area contributed by atoms with E-state index in [-0.39, 0.29) is 51.1 Å². The monoisotopic (exact) mass is 1010 g/mol. The van der Waals surface area contributed by atoms with Crippen molar-refractivity contribution >= 4 is 29.8 Å². The summed E-state index contributed by atoms with van der Waals surface area (Å²) in [7, 11) is 0. The normalized spacial score (nSPS) is 30.2. The zero-order valence-electron chi connectivity index (χ0n) is 42.1. The Morgan fingerprint density at radius 1 is 0.917 bits per heavy atom. The first-order chi connectivity index (χ1) is 34.4. The Balaban J connectivity index is 1.08. The molecule has 5 fully saturated rings. The van der Waals surface area contributed by atoms with E-state index in [9.17, 15) is 39.9 Å². The maximum atomic E-state index is 15.1. The predicted molar refractivity (Wildman–Crippen MR) is 259 cm³/mol. The van der Waals surface area contributed by atoms with E-state index in [2.05, 4.69) is 24.5 Å². The smallest absolute Gasteiger partial charge is 0.327 e. The molecule has 4 heterocycles. The van der Waals surface area contributed by atoms with Crippen LogP contribution in [0, 0.1) is 5.41 Å². The SMILES string of the molecule is CCCCCC1(CCCCC)O[C@@H]2[C@H](O1)[C@H]1ON(Cc3ccc(C=CCO[C@H]4O[C@H](CO)[C@H](O)[C@H](O)[C@H]4O)cc3)[C@H]3C(=O)O[C@@H]2C[C@@]13C(=O)NCc1cccc(C(=O)N[C@H](CO)CCC(=O)OC(C)(C)C)c1. The number of hydrogen-bond acceptors (Lipinski definition) is 17. The van der Waals surface area contributed by atoms with Crippen molar-refractivity contribution in [2.75, 3.05) is 19.8 Å². The molecule has 4 saturated heterocycles. The van der Waals surface area contributed by atoms with Crippen LogP contribution in [0.3, 0.4) is 0 Å². The first-order valence-corrected chi connectivity index (χ1v) is 25.6. The van der Waals surface area contributed by atoms with Crippen LogP contribution in [0.25, 0.3) is 6.08 Å². The van der Waals surface area contributed by atoms with E-state index >= 15 is 4.79 Å². The van der Waals surface area contributed by atoms with E-state index in [0.717, 1.165) is 49.7 Å². The van der Waals surface area contributed by atoms with Crippen molar-refractivity contribution < 1.29 is 78.0 Å². The summed E-state index contributed by atoms with van der Waals surface area (Å²) in [5.41, 5.74) is 0.340. The van der Waals surface area contributed by atoms with Gasteiger partial charge in [-0.15, -0.1) is 0 Å². The van der Waals surface area contributed by atoms with Gasteiger partial charge in [0.25, 0.3) is 5.91 Å². The second kappa shape index (κ2) is 24.3. The van der Waals surface area contributed by atoms with Crippen LogP contribution in [0.1, 0.15) is 132 Å². The molecule has 0 radical (unpaired) electrons. The Labute approximate surface area is 421 Å². The third-order valence-corrected chi connectivity index (χ3v) is 14.1. The van der Waals surface area contributed by atoms with E-state index in [4.69, 9.17) is 33.3 Å². The van der Waals surface area contributed by atoms with Crippen molar-refractivity contribution in [3.05, 3.63) is 76.9 Å². The molecule has 0 aromatic heterocycles. The molecule has 2 aromatic carbocycles. The summed E-state index contributed by atoms with van der Waals surface area (Å²) >= 11 is 0. The fourth-order valence-electron chi connectivity index (χ4n) is 10.5. The lowest BCUT2D eigenvalue weighted by atomic mass is 9.62. The fraction of sp³-hybridized carbons (Fsp3) is 0.660. The molecule has 7 rings (SSSR count). The predicted octanol–water partition coefficient (Wildman–Crippen LogP) is 3.49. The quantitative estimate of drug-likeness (QED) is 0.0587. The Morgan fingerprint density at radius 3 is 2.29 bits per heavy atom. The molecule has 1 saturated carbocycles. The van der Waals surface area contributed by atoms with E-state index < -0.39 is 114 Å². The Morgan fingerprint density at radius 2 is 1.62 bits per heavy atom.